The summed E-state index contributed by atoms with van der Waals surface area (Å²) in [5, 5.41) is 0. The molecule has 0 unspecified atom stereocenters. The molecule has 0 aromatic heterocycles. The Morgan fingerprint density at radius 1 is 0.812 bits per heavy atom. The Balaban J connectivity index is 4.89. The van der Waals surface area contributed by atoms with Gasteiger partial charge in [0.1, 0.15) is 0 Å². The third kappa shape index (κ3) is 3.46. The van der Waals surface area contributed by atoms with E-state index in [2.05, 4.69) is 0 Å². The highest BCUT2D eigenvalue weighted by atomic mass is 16.5. The smallest absolute Gasteiger partial charge is 0.254 e. The van der Waals surface area contributed by atoms with Crippen molar-refractivity contribution in [1.82, 2.24) is 9.80 Å². The first kappa shape index (κ1) is 14.9. The third-order valence-electron chi connectivity index (χ3n) is 2.15. The number of hydrogen-bond acceptors (Lipinski definition) is 4. The van der Waals surface area contributed by atoms with Crippen molar-refractivity contribution in [2.24, 2.45) is 0 Å². The lowest BCUT2D eigenvalue weighted by atomic mass is 10.1. The number of carbonyl (C=O) groups excluding carboxylic acids is 2. The monoisotopic (exact) mass is 232 g/mol. The minimum absolute atomic E-state index is 0.301. The van der Waals surface area contributed by atoms with Crippen LogP contribution in [0, 0.1) is 0 Å². The van der Waals surface area contributed by atoms with E-state index in [-0.39, 0.29) is 11.8 Å². The number of methoxy groups -OCH3 is 2. The van der Waals surface area contributed by atoms with E-state index in [1.165, 1.54) is 24.0 Å². The van der Waals surface area contributed by atoms with E-state index >= 15 is 0 Å². The minimum atomic E-state index is -0.921. The van der Waals surface area contributed by atoms with Gasteiger partial charge in [-0.2, -0.15) is 0 Å². The van der Waals surface area contributed by atoms with Crippen molar-refractivity contribution >= 4 is 11.8 Å². The highest BCUT2D eigenvalue weighted by Crippen LogP contribution is 2.08. The first-order valence-corrected chi connectivity index (χ1v) is 4.84. The fraction of sp³-hybridized carbons (Fsp3) is 0.800. The van der Waals surface area contributed by atoms with Crippen molar-refractivity contribution in [2.75, 3.05) is 42.4 Å². The maximum absolute atomic E-state index is 11.8. The maximum atomic E-state index is 11.8. The van der Waals surface area contributed by atoms with Crippen LogP contribution in [0.1, 0.15) is 0 Å². The summed E-state index contributed by atoms with van der Waals surface area (Å²) >= 11 is 0. The number of carbonyl (C=O) groups is 2. The molecule has 0 heterocycles. The van der Waals surface area contributed by atoms with E-state index in [1.54, 1.807) is 28.2 Å². The molecule has 0 radical (unpaired) electrons. The SMILES string of the molecule is CO[C@@H](C(=O)N(C)C)[C@@H](OC)C(=O)N(C)C. The van der Waals surface area contributed by atoms with Crippen molar-refractivity contribution < 1.29 is 19.1 Å². The van der Waals surface area contributed by atoms with Crippen LogP contribution >= 0.6 is 0 Å². The Bertz CT molecular complexity index is 227. The van der Waals surface area contributed by atoms with E-state index in [0.29, 0.717) is 0 Å². The van der Waals surface area contributed by atoms with Gasteiger partial charge < -0.3 is 19.3 Å². The summed E-state index contributed by atoms with van der Waals surface area (Å²) in [7, 11) is 9.15. The maximum Gasteiger partial charge on any atom is 0.254 e. The van der Waals surface area contributed by atoms with Crippen LogP contribution in [0.2, 0.25) is 0 Å². The lowest BCUT2D eigenvalue weighted by Gasteiger charge is -2.27. The van der Waals surface area contributed by atoms with E-state index in [4.69, 9.17) is 9.47 Å². The van der Waals surface area contributed by atoms with Gasteiger partial charge in [-0.15, -0.1) is 0 Å². The predicted molar refractivity (Wildman–Crippen MR) is 59.0 cm³/mol. The number of hydrogen-bond donors (Lipinski definition) is 0. The summed E-state index contributed by atoms with van der Waals surface area (Å²) in [5.41, 5.74) is 0. The van der Waals surface area contributed by atoms with Gasteiger partial charge in [-0.25, -0.2) is 0 Å². The van der Waals surface area contributed by atoms with Gasteiger partial charge in [-0.3, -0.25) is 9.59 Å². The van der Waals surface area contributed by atoms with Crippen LogP contribution in [0.4, 0.5) is 0 Å². The molecular formula is C10H20N2O4. The first-order valence-electron chi connectivity index (χ1n) is 4.84. The lowest BCUT2D eigenvalue weighted by Crippen LogP contribution is -2.50. The van der Waals surface area contributed by atoms with Crippen molar-refractivity contribution in [1.29, 1.82) is 0 Å². The normalized spacial score (nSPS) is 14.1. The van der Waals surface area contributed by atoms with E-state index in [0.717, 1.165) is 0 Å². The summed E-state index contributed by atoms with van der Waals surface area (Å²) in [5.74, 6) is -0.603. The van der Waals surface area contributed by atoms with Crippen LogP contribution in [-0.2, 0) is 19.1 Å². The molecule has 0 aromatic carbocycles. The summed E-state index contributed by atoms with van der Waals surface area (Å²) < 4.78 is 10.1. The topological polar surface area (TPSA) is 59.1 Å². The highest BCUT2D eigenvalue weighted by Gasteiger charge is 2.35. The first-order chi connectivity index (χ1) is 7.36. The lowest BCUT2D eigenvalue weighted by molar-refractivity contribution is -0.160. The molecule has 94 valence electrons. The van der Waals surface area contributed by atoms with Crippen LogP contribution in [-0.4, -0.2) is 76.2 Å². The van der Waals surface area contributed by atoms with E-state index in [1.807, 2.05) is 0 Å². The molecule has 0 saturated carbocycles. The van der Waals surface area contributed by atoms with Crippen molar-refractivity contribution in [2.45, 2.75) is 12.2 Å². The summed E-state index contributed by atoms with van der Waals surface area (Å²) in [6.45, 7) is 0. The average Bonchev–Trinajstić information content (AvgIpc) is 2.23. The van der Waals surface area contributed by atoms with Gasteiger partial charge in [0.05, 0.1) is 0 Å². The Hall–Kier alpha value is -1.14. The molecule has 0 aliphatic heterocycles. The van der Waals surface area contributed by atoms with Crippen LogP contribution in [0.5, 0.6) is 0 Å². The molecule has 16 heavy (non-hydrogen) atoms. The molecule has 2 amide bonds. The zero-order valence-corrected chi connectivity index (χ0v) is 10.7. The van der Waals surface area contributed by atoms with Crippen molar-refractivity contribution in [3.8, 4) is 0 Å². The molecule has 0 spiro atoms. The minimum Gasteiger partial charge on any atom is -0.368 e. The second-order valence-corrected chi connectivity index (χ2v) is 3.78. The molecule has 6 heteroatoms. The van der Waals surface area contributed by atoms with Crippen LogP contribution < -0.4 is 0 Å². The van der Waals surface area contributed by atoms with Gasteiger partial charge in [-0.1, -0.05) is 0 Å². The molecule has 0 saturated heterocycles. The molecule has 0 bridgehead atoms. The number of rotatable bonds is 5. The molecule has 0 aliphatic carbocycles. The summed E-state index contributed by atoms with van der Waals surface area (Å²) in [6.07, 6.45) is -1.84. The van der Waals surface area contributed by atoms with Gasteiger partial charge in [0.2, 0.25) is 0 Å². The number of ether oxygens (including phenoxy) is 2. The standard InChI is InChI=1S/C10H20N2O4/c1-11(2)9(13)7(15-5)8(16-6)10(14)12(3)4/h7-8H,1-6H3/t7-,8-/m1/s1. The average molecular weight is 232 g/mol. The second-order valence-electron chi connectivity index (χ2n) is 3.78. The van der Waals surface area contributed by atoms with Crippen molar-refractivity contribution in [3.63, 3.8) is 0 Å². The highest BCUT2D eigenvalue weighted by molar-refractivity contribution is 5.90. The predicted octanol–water partition coefficient (Wildman–Crippen LogP) is -0.807. The van der Waals surface area contributed by atoms with Gasteiger partial charge in [-0.05, 0) is 0 Å². The number of amides is 2. The Morgan fingerprint density at radius 2 is 1.06 bits per heavy atom. The van der Waals surface area contributed by atoms with Gasteiger partial charge in [0, 0.05) is 42.4 Å². The van der Waals surface area contributed by atoms with Gasteiger partial charge >= 0.3 is 0 Å². The molecule has 0 aliphatic rings. The number of nitrogens with zero attached hydrogens (tertiary/aromatic N) is 2. The zero-order valence-electron chi connectivity index (χ0n) is 10.7. The summed E-state index contributed by atoms with van der Waals surface area (Å²) in [6, 6.07) is 0. The summed E-state index contributed by atoms with van der Waals surface area (Å²) in [4.78, 5) is 26.2. The van der Waals surface area contributed by atoms with Crippen LogP contribution in [0.3, 0.4) is 0 Å². The van der Waals surface area contributed by atoms with Gasteiger partial charge in [0.25, 0.3) is 11.8 Å². The number of likely N-dealkylation sites (N-methyl/N-ethyl adjacent to an activating group) is 2. The molecule has 0 aromatic rings. The second kappa shape index (κ2) is 6.44. The van der Waals surface area contributed by atoms with Crippen LogP contribution in [0.15, 0.2) is 0 Å². The molecule has 0 fully saturated rings. The van der Waals surface area contributed by atoms with Gasteiger partial charge in [0.15, 0.2) is 12.2 Å². The zero-order chi connectivity index (χ0) is 12.9. The largest absolute Gasteiger partial charge is 0.368 e. The Morgan fingerprint density at radius 3 is 1.19 bits per heavy atom. The molecule has 2 atom stereocenters. The fourth-order valence-corrected chi connectivity index (χ4v) is 1.22. The van der Waals surface area contributed by atoms with Crippen LogP contribution in [0.25, 0.3) is 0 Å². The molecule has 0 rings (SSSR count). The molecular weight excluding hydrogens is 212 g/mol. The Kier molecular flexibility index (Phi) is 5.98. The molecule has 6 nitrogen and oxygen atoms in total. The van der Waals surface area contributed by atoms with E-state index in [9.17, 15) is 9.59 Å². The van der Waals surface area contributed by atoms with E-state index < -0.39 is 12.2 Å². The Labute approximate surface area is 96.1 Å². The quantitative estimate of drug-likeness (QED) is 0.622. The third-order valence-corrected chi connectivity index (χ3v) is 2.15. The van der Waals surface area contributed by atoms with Crippen molar-refractivity contribution in [3.05, 3.63) is 0 Å². The fourth-order valence-electron chi connectivity index (χ4n) is 1.22. The molecule has 0 N–H and O–H groups in total.